The lowest BCUT2D eigenvalue weighted by atomic mass is 10.2. The van der Waals surface area contributed by atoms with E-state index in [0.29, 0.717) is 10.4 Å². The third-order valence-electron chi connectivity index (χ3n) is 2.26. The van der Waals surface area contributed by atoms with Crippen molar-refractivity contribution in [1.82, 2.24) is 14.9 Å². The van der Waals surface area contributed by atoms with E-state index in [-0.39, 0.29) is 18.2 Å². The second-order valence-corrected chi connectivity index (χ2v) is 3.49. The second kappa shape index (κ2) is 5.34. The molecule has 19 heavy (non-hydrogen) atoms. The zero-order chi connectivity index (χ0) is 13.8. The fourth-order valence-electron chi connectivity index (χ4n) is 1.37. The molecule has 0 aliphatic rings. The largest absolute Gasteiger partial charge is 0.466 e. The predicted octanol–water partition coefficient (Wildman–Crippen LogP) is 0.873. The first kappa shape index (κ1) is 12.8. The van der Waals surface area contributed by atoms with E-state index in [2.05, 4.69) is 14.8 Å². The molecule has 0 aliphatic heterocycles. The van der Waals surface area contributed by atoms with Crippen LogP contribution in [0, 0.1) is 5.95 Å². The van der Waals surface area contributed by atoms with E-state index < -0.39 is 11.9 Å². The Morgan fingerprint density at radius 2 is 2.32 bits per heavy atom. The van der Waals surface area contributed by atoms with Crippen LogP contribution in [0.1, 0.15) is 0 Å². The first-order valence-electron chi connectivity index (χ1n) is 5.21. The Labute approximate surface area is 107 Å². The van der Waals surface area contributed by atoms with E-state index in [0.717, 1.165) is 6.07 Å². The average molecular weight is 267 g/mol. The molecule has 0 radical (unpaired) electrons. The van der Waals surface area contributed by atoms with Gasteiger partial charge in [0.2, 0.25) is 11.8 Å². The Morgan fingerprint density at radius 1 is 1.53 bits per heavy atom. The molecule has 8 heteroatoms. The number of carbonyl (C=O) groups excluding carboxylic acids is 1. The molecule has 0 atom stereocenters. The molecular formula is C11H10FN3O4. The summed E-state index contributed by atoms with van der Waals surface area (Å²) in [6.07, 6.45) is 1.26. The molecule has 0 saturated heterocycles. The Morgan fingerprint density at radius 3 is 3.00 bits per heavy atom. The summed E-state index contributed by atoms with van der Waals surface area (Å²) in [6.45, 7) is -0.336. The minimum absolute atomic E-state index is 0.0140. The van der Waals surface area contributed by atoms with Crippen LogP contribution < -0.4 is 4.74 Å². The summed E-state index contributed by atoms with van der Waals surface area (Å²) in [4.78, 5) is 14.8. The van der Waals surface area contributed by atoms with Crippen LogP contribution in [0.15, 0.2) is 24.4 Å². The monoisotopic (exact) mass is 267 g/mol. The molecule has 7 nitrogen and oxygen atoms in total. The molecule has 100 valence electrons. The number of esters is 1. The summed E-state index contributed by atoms with van der Waals surface area (Å²) in [5.41, 5.74) is 0.580. The van der Waals surface area contributed by atoms with Crippen LogP contribution >= 0.6 is 0 Å². The minimum atomic E-state index is -0.685. The summed E-state index contributed by atoms with van der Waals surface area (Å²) in [6, 6.07) is 3.99. The van der Waals surface area contributed by atoms with Gasteiger partial charge in [0.25, 0.3) is 0 Å². The van der Waals surface area contributed by atoms with Gasteiger partial charge in [-0.15, -0.1) is 0 Å². The number of carbonyl (C=O) groups is 1. The van der Waals surface area contributed by atoms with Gasteiger partial charge in [-0.1, -0.05) is 9.94 Å². The topological polar surface area (TPSA) is 86.5 Å². The van der Waals surface area contributed by atoms with Gasteiger partial charge in [0.1, 0.15) is 5.69 Å². The van der Waals surface area contributed by atoms with E-state index in [9.17, 15) is 14.4 Å². The molecule has 0 bridgehead atoms. The maximum absolute atomic E-state index is 13.0. The first-order chi connectivity index (χ1) is 9.10. The van der Waals surface area contributed by atoms with E-state index in [1.165, 1.54) is 25.4 Å². The molecule has 0 amide bonds. The summed E-state index contributed by atoms with van der Waals surface area (Å²) >= 11 is 0. The number of hydrogen-bond donors (Lipinski definition) is 1. The standard InChI is InChI=1S/C11H10FN3O4/c1-18-11(16)6-19-10-5-8(15(17)14-10)7-2-3-13-9(12)4-7/h2-5,17H,6H2,1H3. The van der Waals surface area contributed by atoms with Crippen LogP contribution in [0.3, 0.4) is 0 Å². The Bertz CT molecular complexity index is 599. The van der Waals surface area contributed by atoms with Crippen LogP contribution in [0.5, 0.6) is 5.88 Å². The van der Waals surface area contributed by atoms with E-state index >= 15 is 0 Å². The zero-order valence-corrected chi connectivity index (χ0v) is 9.91. The highest BCUT2D eigenvalue weighted by atomic mass is 19.1. The molecule has 1 N–H and O–H groups in total. The lowest BCUT2D eigenvalue weighted by Crippen LogP contribution is -2.12. The van der Waals surface area contributed by atoms with E-state index in [1.807, 2.05) is 0 Å². The summed E-state index contributed by atoms with van der Waals surface area (Å²) < 4.78 is 22.4. The number of aromatic nitrogens is 3. The SMILES string of the molecule is COC(=O)COc1cc(-c2ccnc(F)c2)n(O)n1. The highest BCUT2D eigenvalue weighted by Crippen LogP contribution is 2.22. The van der Waals surface area contributed by atoms with Crippen molar-refractivity contribution in [3.05, 3.63) is 30.3 Å². The minimum Gasteiger partial charge on any atom is -0.466 e. The zero-order valence-electron chi connectivity index (χ0n) is 9.91. The van der Waals surface area contributed by atoms with Crippen molar-refractivity contribution in [2.24, 2.45) is 0 Å². The number of nitrogens with zero attached hydrogens (tertiary/aromatic N) is 3. The number of pyridine rings is 1. The number of methoxy groups -OCH3 is 1. The van der Waals surface area contributed by atoms with Gasteiger partial charge in [0.15, 0.2) is 6.61 Å². The third kappa shape index (κ3) is 2.97. The van der Waals surface area contributed by atoms with Crippen LogP contribution in [0.25, 0.3) is 11.3 Å². The molecule has 0 unspecified atom stereocenters. The van der Waals surface area contributed by atoms with E-state index in [4.69, 9.17) is 4.74 Å². The maximum atomic E-state index is 13.0. The maximum Gasteiger partial charge on any atom is 0.343 e. The van der Waals surface area contributed by atoms with Crippen molar-refractivity contribution < 1.29 is 23.9 Å². The fourth-order valence-corrected chi connectivity index (χ4v) is 1.37. The van der Waals surface area contributed by atoms with Crippen molar-refractivity contribution in [2.75, 3.05) is 13.7 Å². The quantitative estimate of drug-likeness (QED) is 0.502. The highest BCUT2D eigenvalue weighted by Gasteiger charge is 2.12. The molecule has 0 spiro atoms. The molecule has 2 rings (SSSR count). The highest BCUT2D eigenvalue weighted by molar-refractivity contribution is 5.70. The van der Waals surface area contributed by atoms with Crippen LogP contribution in [-0.2, 0) is 9.53 Å². The molecule has 0 fully saturated rings. The summed E-state index contributed by atoms with van der Waals surface area (Å²) in [5.74, 6) is -1.25. The molecule has 2 aromatic rings. The first-order valence-corrected chi connectivity index (χ1v) is 5.21. The number of ether oxygens (including phenoxy) is 2. The number of hydrogen-bond acceptors (Lipinski definition) is 6. The van der Waals surface area contributed by atoms with Crippen molar-refractivity contribution in [2.45, 2.75) is 0 Å². The van der Waals surface area contributed by atoms with Gasteiger partial charge < -0.3 is 14.7 Å². The average Bonchev–Trinajstić information content (AvgIpc) is 2.77. The van der Waals surface area contributed by atoms with Gasteiger partial charge in [-0.3, -0.25) is 0 Å². The molecule has 0 aliphatic carbocycles. The van der Waals surface area contributed by atoms with Crippen LogP contribution in [-0.4, -0.2) is 39.8 Å². The number of rotatable bonds is 4. The molecule has 2 heterocycles. The Hall–Kier alpha value is -2.64. The van der Waals surface area contributed by atoms with Crippen LogP contribution in [0.4, 0.5) is 4.39 Å². The predicted molar refractivity (Wildman–Crippen MR) is 60.1 cm³/mol. The summed E-state index contributed by atoms with van der Waals surface area (Å²) in [5, 5.41) is 13.2. The van der Waals surface area contributed by atoms with Crippen molar-refractivity contribution in [3.8, 4) is 17.1 Å². The molecular weight excluding hydrogens is 257 g/mol. The van der Waals surface area contributed by atoms with Gasteiger partial charge in [-0.2, -0.15) is 4.39 Å². The molecule has 2 aromatic heterocycles. The van der Waals surface area contributed by atoms with Gasteiger partial charge in [-0.25, -0.2) is 9.78 Å². The summed E-state index contributed by atoms with van der Waals surface area (Å²) in [7, 11) is 1.22. The van der Waals surface area contributed by atoms with Crippen molar-refractivity contribution >= 4 is 5.97 Å². The lowest BCUT2D eigenvalue weighted by Gasteiger charge is -1.98. The van der Waals surface area contributed by atoms with Crippen molar-refractivity contribution in [1.29, 1.82) is 0 Å². The smallest absolute Gasteiger partial charge is 0.343 e. The van der Waals surface area contributed by atoms with Gasteiger partial charge in [-0.05, 0) is 6.07 Å². The molecule has 0 aromatic carbocycles. The molecule has 0 saturated carbocycles. The Balaban J connectivity index is 2.19. The van der Waals surface area contributed by atoms with Gasteiger partial charge >= 0.3 is 5.97 Å². The lowest BCUT2D eigenvalue weighted by molar-refractivity contribution is -0.143. The number of halogens is 1. The van der Waals surface area contributed by atoms with E-state index in [1.54, 1.807) is 0 Å². The normalized spacial score (nSPS) is 10.2. The van der Waals surface area contributed by atoms with Crippen LogP contribution in [0.2, 0.25) is 0 Å². The van der Waals surface area contributed by atoms with Crippen molar-refractivity contribution in [3.63, 3.8) is 0 Å². The second-order valence-electron chi connectivity index (χ2n) is 3.49. The third-order valence-corrected chi connectivity index (χ3v) is 2.26. The van der Waals surface area contributed by atoms with Gasteiger partial charge in [0, 0.05) is 23.9 Å². The fraction of sp³-hybridized carbons (Fsp3) is 0.182. The Kier molecular flexibility index (Phi) is 3.60. The van der Waals surface area contributed by atoms with Gasteiger partial charge in [0.05, 0.1) is 7.11 Å².